The van der Waals surface area contributed by atoms with Crippen molar-refractivity contribution in [3.05, 3.63) is 47.3 Å². The zero-order chi connectivity index (χ0) is 14.5. The molecular formula is C16H23N3O. The van der Waals surface area contributed by atoms with Crippen LogP contribution in [0.5, 0.6) is 5.75 Å². The zero-order valence-corrected chi connectivity index (χ0v) is 12.7. The van der Waals surface area contributed by atoms with Gasteiger partial charge in [-0.3, -0.25) is 4.68 Å². The van der Waals surface area contributed by atoms with Crippen molar-refractivity contribution in [1.82, 2.24) is 15.1 Å². The van der Waals surface area contributed by atoms with E-state index in [2.05, 4.69) is 42.5 Å². The van der Waals surface area contributed by atoms with Crippen LogP contribution in [0, 0.1) is 6.92 Å². The van der Waals surface area contributed by atoms with Crippen molar-refractivity contribution >= 4 is 0 Å². The molecule has 4 heteroatoms. The first kappa shape index (κ1) is 14.6. The van der Waals surface area contributed by atoms with Crippen LogP contribution in [0.1, 0.15) is 29.8 Å². The van der Waals surface area contributed by atoms with Crippen molar-refractivity contribution in [2.75, 3.05) is 13.7 Å². The second kappa shape index (κ2) is 6.57. The lowest BCUT2D eigenvalue weighted by Crippen LogP contribution is -2.22. The number of nitrogens with one attached hydrogen (secondary N) is 1. The molecule has 0 bridgehead atoms. The van der Waals surface area contributed by atoms with Gasteiger partial charge in [-0.05, 0) is 26.0 Å². The normalized spacial score (nSPS) is 12.4. The lowest BCUT2D eigenvalue weighted by Gasteiger charge is -2.18. The van der Waals surface area contributed by atoms with Gasteiger partial charge in [0.1, 0.15) is 5.75 Å². The van der Waals surface area contributed by atoms with Gasteiger partial charge in [-0.1, -0.05) is 17.7 Å². The molecule has 1 unspecified atom stereocenters. The van der Waals surface area contributed by atoms with E-state index in [-0.39, 0.29) is 6.04 Å². The summed E-state index contributed by atoms with van der Waals surface area (Å²) >= 11 is 0. The SMILES string of the molecule is COc1ccc(C)cc1C(C)NCCc1ccnn1C. The third kappa shape index (κ3) is 3.39. The predicted molar refractivity (Wildman–Crippen MR) is 81.1 cm³/mol. The maximum Gasteiger partial charge on any atom is 0.123 e. The number of ether oxygens (including phenoxy) is 1. The molecule has 2 aromatic rings. The van der Waals surface area contributed by atoms with Gasteiger partial charge in [0.05, 0.1) is 7.11 Å². The minimum atomic E-state index is 0.262. The highest BCUT2D eigenvalue weighted by Gasteiger charge is 2.11. The highest BCUT2D eigenvalue weighted by atomic mass is 16.5. The van der Waals surface area contributed by atoms with Crippen molar-refractivity contribution < 1.29 is 4.74 Å². The fourth-order valence-corrected chi connectivity index (χ4v) is 2.37. The van der Waals surface area contributed by atoms with Crippen LogP contribution in [0.15, 0.2) is 30.5 Å². The van der Waals surface area contributed by atoms with Crippen molar-refractivity contribution in [3.63, 3.8) is 0 Å². The topological polar surface area (TPSA) is 39.1 Å². The third-order valence-corrected chi connectivity index (χ3v) is 3.61. The molecule has 4 nitrogen and oxygen atoms in total. The second-order valence-corrected chi connectivity index (χ2v) is 5.12. The van der Waals surface area contributed by atoms with Gasteiger partial charge in [-0.2, -0.15) is 5.10 Å². The molecule has 0 spiro atoms. The number of aromatic nitrogens is 2. The second-order valence-electron chi connectivity index (χ2n) is 5.12. The zero-order valence-electron chi connectivity index (χ0n) is 12.7. The summed E-state index contributed by atoms with van der Waals surface area (Å²) in [5.74, 6) is 0.941. The van der Waals surface area contributed by atoms with Crippen LogP contribution >= 0.6 is 0 Å². The van der Waals surface area contributed by atoms with Gasteiger partial charge < -0.3 is 10.1 Å². The number of aryl methyl sites for hydroxylation is 2. The van der Waals surface area contributed by atoms with Gasteiger partial charge >= 0.3 is 0 Å². The Kier molecular flexibility index (Phi) is 4.79. The molecule has 1 atom stereocenters. The van der Waals surface area contributed by atoms with Gasteiger partial charge in [0, 0.05) is 43.5 Å². The summed E-state index contributed by atoms with van der Waals surface area (Å²) in [7, 11) is 3.69. The molecule has 0 radical (unpaired) electrons. The van der Waals surface area contributed by atoms with Crippen LogP contribution in [0.3, 0.4) is 0 Å². The van der Waals surface area contributed by atoms with Crippen LogP contribution in [-0.2, 0) is 13.5 Å². The standard InChI is InChI=1S/C16H23N3O/c1-12-5-6-16(20-4)15(11-12)13(2)17-9-7-14-8-10-18-19(14)3/h5-6,8,10-11,13,17H,7,9H2,1-4H3. The largest absolute Gasteiger partial charge is 0.496 e. The molecule has 108 valence electrons. The van der Waals surface area contributed by atoms with E-state index in [0.717, 1.165) is 18.7 Å². The molecule has 0 saturated heterocycles. The minimum Gasteiger partial charge on any atom is -0.496 e. The molecule has 0 fully saturated rings. The van der Waals surface area contributed by atoms with Crippen LogP contribution in [0.4, 0.5) is 0 Å². The third-order valence-electron chi connectivity index (χ3n) is 3.61. The molecule has 0 aliphatic rings. The molecule has 0 aliphatic carbocycles. The molecule has 0 aliphatic heterocycles. The summed E-state index contributed by atoms with van der Waals surface area (Å²) in [4.78, 5) is 0. The molecule has 1 aromatic heterocycles. The number of nitrogens with zero attached hydrogens (tertiary/aromatic N) is 2. The number of rotatable bonds is 6. The first-order valence-electron chi connectivity index (χ1n) is 6.96. The number of benzene rings is 1. The lowest BCUT2D eigenvalue weighted by molar-refractivity contribution is 0.401. The predicted octanol–water partition coefficient (Wildman–Crippen LogP) is 2.63. The van der Waals surface area contributed by atoms with Crippen LogP contribution < -0.4 is 10.1 Å². The van der Waals surface area contributed by atoms with Crippen LogP contribution in [0.25, 0.3) is 0 Å². The minimum absolute atomic E-state index is 0.262. The van der Waals surface area contributed by atoms with Crippen molar-refractivity contribution in [3.8, 4) is 5.75 Å². The maximum atomic E-state index is 5.44. The summed E-state index contributed by atoms with van der Waals surface area (Å²) in [6.07, 6.45) is 2.80. The number of hydrogen-bond donors (Lipinski definition) is 1. The van der Waals surface area contributed by atoms with E-state index in [4.69, 9.17) is 4.74 Å². The number of methoxy groups -OCH3 is 1. The highest BCUT2D eigenvalue weighted by molar-refractivity contribution is 5.38. The fourth-order valence-electron chi connectivity index (χ4n) is 2.37. The molecule has 1 heterocycles. The average molecular weight is 273 g/mol. The Bertz CT molecular complexity index is 563. The van der Waals surface area contributed by atoms with Crippen molar-refractivity contribution in [2.45, 2.75) is 26.3 Å². The maximum absolute atomic E-state index is 5.44. The molecule has 1 N–H and O–H groups in total. The smallest absolute Gasteiger partial charge is 0.123 e. The van der Waals surface area contributed by atoms with Gasteiger partial charge in [0.15, 0.2) is 0 Å². The van der Waals surface area contributed by atoms with Gasteiger partial charge in [-0.15, -0.1) is 0 Å². The Balaban J connectivity index is 1.96. The van der Waals surface area contributed by atoms with E-state index in [1.165, 1.54) is 16.8 Å². The Morgan fingerprint density at radius 1 is 1.35 bits per heavy atom. The van der Waals surface area contributed by atoms with E-state index in [1.54, 1.807) is 7.11 Å². The molecule has 1 aromatic carbocycles. The highest BCUT2D eigenvalue weighted by Crippen LogP contribution is 2.25. The van der Waals surface area contributed by atoms with E-state index in [0.29, 0.717) is 0 Å². The van der Waals surface area contributed by atoms with Crippen molar-refractivity contribution in [1.29, 1.82) is 0 Å². The Labute approximate surface area is 120 Å². The van der Waals surface area contributed by atoms with Crippen molar-refractivity contribution in [2.24, 2.45) is 7.05 Å². The monoisotopic (exact) mass is 273 g/mol. The Morgan fingerprint density at radius 3 is 2.80 bits per heavy atom. The Hall–Kier alpha value is -1.81. The van der Waals surface area contributed by atoms with Gasteiger partial charge in [0.2, 0.25) is 0 Å². The molecule has 2 rings (SSSR count). The lowest BCUT2D eigenvalue weighted by atomic mass is 10.0. The fraction of sp³-hybridized carbons (Fsp3) is 0.438. The van der Waals surface area contributed by atoms with E-state index >= 15 is 0 Å². The van der Waals surface area contributed by atoms with Crippen LogP contribution in [0.2, 0.25) is 0 Å². The summed E-state index contributed by atoms with van der Waals surface area (Å²) in [6.45, 7) is 5.18. The molecule has 0 saturated carbocycles. The first-order chi connectivity index (χ1) is 9.61. The molecule has 20 heavy (non-hydrogen) atoms. The quantitative estimate of drug-likeness (QED) is 0.879. The van der Waals surface area contributed by atoms with Gasteiger partial charge in [-0.25, -0.2) is 0 Å². The van der Waals surface area contributed by atoms with E-state index < -0.39 is 0 Å². The molecule has 0 amide bonds. The number of hydrogen-bond acceptors (Lipinski definition) is 3. The van der Waals surface area contributed by atoms with E-state index in [1.807, 2.05) is 24.0 Å². The summed E-state index contributed by atoms with van der Waals surface area (Å²) in [5.41, 5.74) is 3.69. The van der Waals surface area contributed by atoms with Gasteiger partial charge in [0.25, 0.3) is 0 Å². The Morgan fingerprint density at radius 2 is 2.15 bits per heavy atom. The summed E-state index contributed by atoms with van der Waals surface area (Å²) < 4.78 is 7.35. The molecular weight excluding hydrogens is 250 g/mol. The van der Waals surface area contributed by atoms with E-state index in [9.17, 15) is 0 Å². The summed E-state index contributed by atoms with van der Waals surface area (Å²) in [5, 5.41) is 7.73. The summed E-state index contributed by atoms with van der Waals surface area (Å²) in [6, 6.07) is 8.60. The van der Waals surface area contributed by atoms with Crippen LogP contribution in [-0.4, -0.2) is 23.4 Å². The first-order valence-corrected chi connectivity index (χ1v) is 6.96. The average Bonchev–Trinajstić information content (AvgIpc) is 2.84.